The Kier molecular flexibility index (Phi) is 7.01. The van der Waals surface area contributed by atoms with Crippen LogP contribution in [0.4, 0.5) is 0 Å². The van der Waals surface area contributed by atoms with Crippen molar-refractivity contribution in [2.75, 3.05) is 13.7 Å². The Balaban J connectivity index is 5.02. The van der Waals surface area contributed by atoms with Gasteiger partial charge in [-0.2, -0.15) is 17.9 Å². The third kappa shape index (κ3) is 4.80. The molecule has 0 aliphatic heterocycles. The molecule has 0 aromatic heterocycles. The van der Waals surface area contributed by atoms with E-state index in [4.69, 9.17) is 10.00 Å². The lowest BCUT2D eigenvalue weighted by Crippen LogP contribution is -2.45. The van der Waals surface area contributed by atoms with Crippen LogP contribution in [-0.4, -0.2) is 48.4 Å². The van der Waals surface area contributed by atoms with Crippen LogP contribution in [0.25, 0.3) is 0 Å². The first kappa shape index (κ1) is 16.6. The van der Waals surface area contributed by atoms with E-state index in [1.165, 1.54) is 7.11 Å². The molecule has 97 valence electrons. The number of thiol groups is 1. The van der Waals surface area contributed by atoms with Crippen molar-refractivity contribution < 1.29 is 14.9 Å². The molecule has 0 rings (SSSR count). The summed E-state index contributed by atoms with van der Waals surface area (Å²) in [7, 11) is 1.23. The maximum Gasteiger partial charge on any atom is 0.139 e. The third-order valence-corrected chi connectivity index (χ3v) is 4.86. The van der Waals surface area contributed by atoms with Gasteiger partial charge in [0.05, 0.1) is 12.7 Å². The highest BCUT2D eigenvalue weighted by Gasteiger charge is 2.32. The van der Waals surface area contributed by atoms with Crippen molar-refractivity contribution in [2.45, 2.75) is 43.1 Å². The minimum atomic E-state index is -1.12. The Hall–Kier alpha value is -0.353. The fraction of sp³-hybridized carbons (Fsp3) is 0.818. The first-order valence-electron chi connectivity index (χ1n) is 5.51. The number of unbranched alkanes of at least 4 members (excludes halogenated alkanes) is 1. The van der Waals surface area contributed by atoms with Gasteiger partial charge in [-0.3, -0.25) is 0 Å². The van der Waals surface area contributed by atoms with Crippen LogP contribution in [0.15, 0.2) is 0 Å². The number of rotatable bonds is 7. The minimum Gasteiger partial charge on any atom is -0.515 e. The lowest BCUT2D eigenvalue weighted by atomic mass is 10.1. The molecule has 0 fully saturated rings. The van der Waals surface area contributed by atoms with Crippen LogP contribution in [0.3, 0.4) is 0 Å². The summed E-state index contributed by atoms with van der Waals surface area (Å²) in [6, 6.07) is 2.12. The minimum absolute atomic E-state index is 0.0184. The van der Waals surface area contributed by atoms with Gasteiger partial charge in [0.15, 0.2) is 0 Å². The highest BCUT2D eigenvalue weighted by Crippen LogP contribution is 2.20. The molecule has 4 nitrogen and oxygen atoms in total. The van der Waals surface area contributed by atoms with E-state index in [9.17, 15) is 10.2 Å². The molecule has 2 N–H and O–H groups in total. The zero-order chi connectivity index (χ0) is 13.5. The van der Waals surface area contributed by atoms with Crippen LogP contribution in [0.2, 0.25) is 0 Å². The maximum atomic E-state index is 9.98. The SMILES string of the molecule is CCCCC(S)(C#N)[Si]=C(O)C(C)(CO)OC. The van der Waals surface area contributed by atoms with Crippen LogP contribution in [0.5, 0.6) is 0 Å². The van der Waals surface area contributed by atoms with Crippen molar-refractivity contribution in [3.63, 3.8) is 0 Å². The predicted molar refractivity (Wildman–Crippen MR) is 72.1 cm³/mol. The molecule has 0 heterocycles. The zero-order valence-electron chi connectivity index (χ0n) is 10.5. The van der Waals surface area contributed by atoms with Crippen molar-refractivity contribution in [3.8, 4) is 6.07 Å². The van der Waals surface area contributed by atoms with Gasteiger partial charge in [-0.05, 0) is 13.3 Å². The summed E-state index contributed by atoms with van der Waals surface area (Å²) in [6.45, 7) is 3.29. The van der Waals surface area contributed by atoms with Crippen LogP contribution in [0.1, 0.15) is 33.1 Å². The third-order valence-electron chi connectivity index (χ3n) is 2.66. The number of hydrogen-bond donors (Lipinski definition) is 3. The monoisotopic (exact) mass is 274 g/mol. The van der Waals surface area contributed by atoms with E-state index in [0.29, 0.717) is 6.42 Å². The molecule has 0 aliphatic carbocycles. The quantitative estimate of drug-likeness (QED) is 0.477. The number of ether oxygens (including phenoxy) is 1. The van der Waals surface area contributed by atoms with Gasteiger partial charge < -0.3 is 14.9 Å². The molecule has 0 aliphatic rings. The largest absolute Gasteiger partial charge is 0.515 e. The molecule has 0 saturated carbocycles. The number of nitrogens with zero attached hydrogens (tertiary/aromatic N) is 1. The van der Waals surface area contributed by atoms with Gasteiger partial charge in [-0.1, -0.05) is 19.8 Å². The molecule has 6 heteroatoms. The summed E-state index contributed by atoms with van der Waals surface area (Å²) in [4.78, 5) is 0. The molecular weight excluding hydrogens is 254 g/mol. The maximum absolute atomic E-state index is 9.98. The van der Waals surface area contributed by atoms with Gasteiger partial charge >= 0.3 is 0 Å². The molecule has 0 aromatic carbocycles. The van der Waals surface area contributed by atoms with Gasteiger partial charge in [-0.25, -0.2) is 0 Å². The molecule has 1 radical (unpaired) electrons. The molecule has 0 saturated heterocycles. The fourth-order valence-corrected chi connectivity index (χ4v) is 2.81. The molecule has 2 unspecified atom stereocenters. The summed E-state index contributed by atoms with van der Waals surface area (Å²) in [5, 5.41) is 28.3. The Morgan fingerprint density at radius 1 is 1.59 bits per heavy atom. The molecule has 0 amide bonds. The first-order chi connectivity index (χ1) is 7.87. The first-order valence-corrected chi connectivity index (χ1v) is 6.96. The van der Waals surface area contributed by atoms with Gasteiger partial charge in [0.2, 0.25) is 0 Å². The number of hydrogen-bond acceptors (Lipinski definition) is 5. The number of nitriles is 1. The van der Waals surface area contributed by atoms with Gasteiger partial charge in [-0.15, -0.1) is 0 Å². The second-order valence-corrected chi connectivity index (χ2v) is 6.90. The summed E-state index contributed by atoms with van der Waals surface area (Å²) in [5.74, 6) is 0. The van der Waals surface area contributed by atoms with E-state index >= 15 is 0 Å². The highest BCUT2D eigenvalue weighted by molar-refractivity contribution is 7.83. The summed E-state index contributed by atoms with van der Waals surface area (Å²) < 4.78 is 4.19. The Morgan fingerprint density at radius 3 is 2.53 bits per heavy atom. The van der Waals surface area contributed by atoms with Crippen molar-refractivity contribution in [3.05, 3.63) is 0 Å². The normalized spacial score (nSPS) is 19.2. The molecule has 2 atom stereocenters. The molecule has 0 spiro atoms. The van der Waals surface area contributed by atoms with E-state index in [1.54, 1.807) is 6.92 Å². The number of aliphatic hydroxyl groups excluding tert-OH is 2. The molecule has 0 bridgehead atoms. The van der Waals surface area contributed by atoms with Crippen molar-refractivity contribution in [2.24, 2.45) is 0 Å². The molecular formula is C11H20NO3SSi. The summed E-state index contributed by atoms with van der Waals surface area (Å²) >= 11 is 4.33. The van der Waals surface area contributed by atoms with Gasteiger partial charge in [0.1, 0.15) is 24.5 Å². The topological polar surface area (TPSA) is 73.5 Å². The van der Waals surface area contributed by atoms with Crippen LogP contribution in [0, 0.1) is 11.3 Å². The molecule has 0 aromatic rings. The Morgan fingerprint density at radius 2 is 2.18 bits per heavy atom. The number of aliphatic hydroxyl groups is 2. The highest BCUT2D eigenvalue weighted by atomic mass is 32.1. The van der Waals surface area contributed by atoms with Gasteiger partial charge in [0.25, 0.3) is 0 Å². The average molecular weight is 274 g/mol. The van der Waals surface area contributed by atoms with Crippen LogP contribution < -0.4 is 0 Å². The Bertz CT molecular complexity index is 312. The standard InChI is InChI=1S/C11H20NO3SSi/c1-4-5-6-11(16,7-12)17-9(14)10(2,8-13)15-3/h13-14,16H,4-6,8H2,1-3H3. The predicted octanol–water partition coefficient (Wildman–Crippen LogP) is 0.930. The smallest absolute Gasteiger partial charge is 0.139 e. The lowest BCUT2D eigenvalue weighted by Gasteiger charge is -2.27. The molecule has 17 heavy (non-hydrogen) atoms. The Labute approximate surface area is 110 Å². The zero-order valence-corrected chi connectivity index (χ0v) is 12.4. The van der Waals surface area contributed by atoms with Gasteiger partial charge in [0, 0.05) is 7.11 Å². The van der Waals surface area contributed by atoms with E-state index in [-0.39, 0.29) is 21.1 Å². The average Bonchev–Trinajstić information content (AvgIpc) is 2.35. The van der Waals surface area contributed by atoms with E-state index in [2.05, 4.69) is 18.7 Å². The summed E-state index contributed by atoms with van der Waals surface area (Å²) in [5.41, 5.74) is -1.12. The fourth-order valence-electron chi connectivity index (χ4n) is 1.14. The van der Waals surface area contributed by atoms with Crippen molar-refractivity contribution in [1.29, 1.82) is 5.26 Å². The van der Waals surface area contributed by atoms with Crippen LogP contribution in [-0.2, 0) is 4.74 Å². The van der Waals surface area contributed by atoms with Crippen LogP contribution >= 0.6 is 12.6 Å². The number of methoxy groups -OCH3 is 1. The van der Waals surface area contributed by atoms with E-state index in [1.807, 2.05) is 6.92 Å². The van der Waals surface area contributed by atoms with E-state index in [0.717, 1.165) is 12.8 Å². The van der Waals surface area contributed by atoms with E-state index < -0.39 is 9.97 Å². The lowest BCUT2D eigenvalue weighted by molar-refractivity contribution is 0.00636. The van der Waals surface area contributed by atoms with Crippen molar-refractivity contribution >= 4 is 27.1 Å². The summed E-state index contributed by atoms with van der Waals surface area (Å²) in [6.07, 6.45) is 2.45. The second kappa shape index (κ2) is 7.16. The van der Waals surface area contributed by atoms with Crippen molar-refractivity contribution in [1.82, 2.24) is 0 Å². The second-order valence-electron chi connectivity index (χ2n) is 4.14.